The fraction of sp³-hybridized carbons (Fsp3) is 0.200. The minimum absolute atomic E-state index is 0.0115. The molecule has 1 aliphatic heterocycles. The number of benzene rings is 2. The third kappa shape index (κ3) is 6.08. The molecule has 0 fully saturated rings. The van der Waals surface area contributed by atoms with Crippen LogP contribution >= 0.6 is 0 Å². The Morgan fingerprint density at radius 2 is 1.97 bits per heavy atom. The summed E-state index contributed by atoms with van der Waals surface area (Å²) in [5.41, 5.74) is 5.75. The minimum Gasteiger partial charge on any atom is -0.496 e. The molecule has 7 nitrogen and oxygen atoms in total. The molecule has 0 saturated carbocycles. The maximum absolute atomic E-state index is 9.52. The molecule has 3 heterocycles. The van der Waals surface area contributed by atoms with Crippen LogP contribution < -0.4 is 9.47 Å². The Morgan fingerprint density at radius 3 is 2.81 bits per heavy atom. The van der Waals surface area contributed by atoms with E-state index < -0.39 is 0 Å². The quantitative estimate of drug-likeness (QED) is 0.290. The van der Waals surface area contributed by atoms with Crippen LogP contribution in [0.3, 0.4) is 0 Å². The molecule has 37 heavy (non-hydrogen) atoms. The topological polar surface area (TPSA) is 84.7 Å². The summed E-state index contributed by atoms with van der Waals surface area (Å²) in [6.45, 7) is 0.864. The summed E-state index contributed by atoms with van der Waals surface area (Å²) in [6.07, 6.45) is 15.9. The molecule has 5 rings (SSSR count). The van der Waals surface area contributed by atoms with Gasteiger partial charge in [-0.25, -0.2) is 0 Å². The average Bonchev–Trinajstić information content (AvgIpc) is 3.57. The van der Waals surface area contributed by atoms with E-state index in [4.69, 9.17) is 9.47 Å². The van der Waals surface area contributed by atoms with Crippen molar-refractivity contribution in [2.75, 3.05) is 20.3 Å². The van der Waals surface area contributed by atoms with Crippen molar-refractivity contribution in [2.24, 2.45) is 4.99 Å². The fourth-order valence-corrected chi connectivity index (χ4v) is 4.20. The SMILES string of the molecule is COc1cc(OCC2=CCCC=N2)ccc1/C=C/c1cc(/C=C/c2ccc3cc[nH]c3c2)n(CCO)n1. The number of nitrogens with zero attached hydrogens (tertiary/aromatic N) is 3. The van der Waals surface area contributed by atoms with Crippen LogP contribution in [0.4, 0.5) is 0 Å². The number of fused-ring (bicyclic) bond motifs is 1. The number of H-pyrrole nitrogens is 1. The number of hydrogen-bond acceptors (Lipinski definition) is 5. The maximum Gasteiger partial charge on any atom is 0.130 e. The highest BCUT2D eigenvalue weighted by atomic mass is 16.5. The van der Waals surface area contributed by atoms with Gasteiger partial charge in [0, 0.05) is 29.6 Å². The van der Waals surface area contributed by atoms with Crippen molar-refractivity contribution in [2.45, 2.75) is 19.4 Å². The summed E-state index contributed by atoms with van der Waals surface area (Å²) in [7, 11) is 1.65. The van der Waals surface area contributed by atoms with Crippen molar-refractivity contribution in [3.63, 3.8) is 0 Å². The number of methoxy groups -OCH3 is 1. The molecule has 7 heteroatoms. The highest BCUT2D eigenvalue weighted by Crippen LogP contribution is 2.27. The third-order valence-electron chi connectivity index (χ3n) is 6.13. The molecule has 2 N–H and O–H groups in total. The Bertz CT molecular complexity index is 1490. The van der Waals surface area contributed by atoms with Crippen molar-refractivity contribution in [1.82, 2.24) is 14.8 Å². The van der Waals surface area contributed by atoms with E-state index in [0.717, 1.165) is 52.3 Å². The van der Waals surface area contributed by atoms with E-state index in [2.05, 4.69) is 51.5 Å². The summed E-state index contributed by atoms with van der Waals surface area (Å²) < 4.78 is 13.3. The number of aliphatic hydroxyl groups excluding tert-OH is 1. The van der Waals surface area contributed by atoms with Crippen LogP contribution in [0.15, 0.2) is 71.5 Å². The second kappa shape index (κ2) is 11.6. The van der Waals surface area contributed by atoms with Crippen LogP contribution in [0, 0.1) is 0 Å². The van der Waals surface area contributed by atoms with Crippen molar-refractivity contribution >= 4 is 41.4 Å². The lowest BCUT2D eigenvalue weighted by Crippen LogP contribution is -2.05. The molecule has 188 valence electrons. The number of ether oxygens (including phenoxy) is 2. The van der Waals surface area contributed by atoms with E-state index in [1.807, 2.05) is 54.9 Å². The summed E-state index contributed by atoms with van der Waals surface area (Å²) in [5, 5.41) is 15.3. The van der Waals surface area contributed by atoms with Gasteiger partial charge in [-0.1, -0.05) is 24.3 Å². The Labute approximate surface area is 216 Å². The number of nitrogens with one attached hydrogen (secondary N) is 1. The summed E-state index contributed by atoms with van der Waals surface area (Å²) >= 11 is 0. The van der Waals surface area contributed by atoms with E-state index in [1.54, 1.807) is 11.8 Å². The molecule has 0 unspecified atom stereocenters. The molecule has 2 aromatic heterocycles. The lowest BCUT2D eigenvalue weighted by Gasteiger charge is -2.11. The van der Waals surface area contributed by atoms with Crippen molar-refractivity contribution < 1.29 is 14.6 Å². The maximum atomic E-state index is 9.52. The first-order valence-electron chi connectivity index (χ1n) is 12.4. The number of aliphatic hydroxyl groups is 1. The predicted molar refractivity (Wildman–Crippen MR) is 150 cm³/mol. The van der Waals surface area contributed by atoms with Gasteiger partial charge < -0.3 is 19.6 Å². The minimum atomic E-state index is 0.0115. The second-order valence-corrected chi connectivity index (χ2v) is 8.71. The Balaban J connectivity index is 1.31. The van der Waals surface area contributed by atoms with E-state index >= 15 is 0 Å². The molecule has 0 radical (unpaired) electrons. The number of aromatic amines is 1. The summed E-state index contributed by atoms with van der Waals surface area (Å²) in [5.74, 6) is 1.44. The molecule has 0 saturated heterocycles. The highest BCUT2D eigenvalue weighted by molar-refractivity contribution is 5.83. The first-order valence-corrected chi connectivity index (χ1v) is 12.4. The van der Waals surface area contributed by atoms with Crippen molar-refractivity contribution in [1.29, 1.82) is 0 Å². The highest BCUT2D eigenvalue weighted by Gasteiger charge is 2.07. The van der Waals surface area contributed by atoms with Gasteiger partial charge in [-0.3, -0.25) is 9.67 Å². The molecular formula is C30H30N4O3. The Kier molecular flexibility index (Phi) is 7.62. The molecule has 0 atom stereocenters. The first-order chi connectivity index (χ1) is 18.2. The number of allylic oxidation sites excluding steroid dienone is 1. The fourth-order valence-electron chi connectivity index (χ4n) is 4.20. The first kappa shape index (κ1) is 24.3. The normalized spacial score (nSPS) is 13.6. The van der Waals surface area contributed by atoms with Crippen LogP contribution in [-0.2, 0) is 6.54 Å². The van der Waals surface area contributed by atoms with Crippen LogP contribution in [0.25, 0.3) is 35.2 Å². The molecule has 1 aliphatic rings. The molecule has 0 aliphatic carbocycles. The van der Waals surface area contributed by atoms with E-state index in [9.17, 15) is 5.11 Å². The Hall–Kier alpha value is -4.36. The number of hydrogen-bond donors (Lipinski definition) is 2. The Morgan fingerprint density at radius 1 is 1.03 bits per heavy atom. The smallest absolute Gasteiger partial charge is 0.130 e. The van der Waals surface area contributed by atoms with Crippen molar-refractivity contribution in [3.8, 4) is 11.5 Å². The van der Waals surface area contributed by atoms with Gasteiger partial charge in [-0.15, -0.1) is 0 Å². The molecule has 0 bridgehead atoms. The van der Waals surface area contributed by atoms with Gasteiger partial charge in [-0.2, -0.15) is 5.10 Å². The van der Waals surface area contributed by atoms with Gasteiger partial charge in [0.15, 0.2) is 0 Å². The van der Waals surface area contributed by atoms with Crippen LogP contribution in [-0.4, -0.2) is 46.4 Å². The monoisotopic (exact) mass is 494 g/mol. The second-order valence-electron chi connectivity index (χ2n) is 8.71. The van der Waals surface area contributed by atoms with Gasteiger partial charge in [0.2, 0.25) is 0 Å². The van der Waals surface area contributed by atoms with Gasteiger partial charge in [0.1, 0.15) is 18.1 Å². The standard InChI is InChI=1S/C30H30N4O3/c1-36-30-20-28(37-21-26-4-2-3-14-31-26)12-9-24(30)8-10-25-19-27(34(33-25)16-17-35)11-6-22-5-7-23-13-15-32-29(23)18-22/h4-15,18-20,32,35H,2-3,16-17,21H2,1H3/b10-8+,11-6+. The van der Waals surface area contributed by atoms with Crippen LogP contribution in [0.1, 0.15) is 35.4 Å². The van der Waals surface area contributed by atoms with Gasteiger partial charge in [0.05, 0.1) is 37.3 Å². The molecule has 4 aromatic rings. The molecule has 2 aromatic carbocycles. The number of rotatable bonds is 10. The van der Waals surface area contributed by atoms with Gasteiger partial charge >= 0.3 is 0 Å². The van der Waals surface area contributed by atoms with Gasteiger partial charge in [-0.05, 0) is 72.4 Å². The van der Waals surface area contributed by atoms with E-state index in [-0.39, 0.29) is 6.61 Å². The molecule has 0 spiro atoms. The zero-order valence-corrected chi connectivity index (χ0v) is 20.8. The summed E-state index contributed by atoms with van der Waals surface area (Å²) in [4.78, 5) is 7.61. The zero-order valence-electron chi connectivity index (χ0n) is 20.8. The summed E-state index contributed by atoms with van der Waals surface area (Å²) in [6, 6.07) is 16.1. The lowest BCUT2D eigenvalue weighted by molar-refractivity contribution is 0.269. The largest absolute Gasteiger partial charge is 0.496 e. The lowest BCUT2D eigenvalue weighted by atomic mass is 10.1. The zero-order chi connectivity index (χ0) is 25.5. The van der Waals surface area contributed by atoms with Crippen LogP contribution in [0.2, 0.25) is 0 Å². The van der Waals surface area contributed by atoms with E-state index in [1.165, 1.54) is 5.39 Å². The van der Waals surface area contributed by atoms with Gasteiger partial charge in [0.25, 0.3) is 0 Å². The average molecular weight is 495 g/mol. The molecule has 0 amide bonds. The molecular weight excluding hydrogens is 464 g/mol. The van der Waals surface area contributed by atoms with Crippen LogP contribution in [0.5, 0.6) is 11.5 Å². The van der Waals surface area contributed by atoms with Crippen molar-refractivity contribution in [3.05, 3.63) is 89.0 Å². The number of aliphatic imine (C=N–C) groups is 1. The van der Waals surface area contributed by atoms with E-state index in [0.29, 0.717) is 18.9 Å². The number of aromatic nitrogens is 3. The predicted octanol–water partition coefficient (Wildman–Crippen LogP) is 5.83. The third-order valence-corrected chi connectivity index (χ3v) is 6.13.